The summed E-state index contributed by atoms with van der Waals surface area (Å²) in [7, 11) is 1.62. The molecule has 2 aromatic carbocycles. The Morgan fingerprint density at radius 3 is 2.82 bits per heavy atom. The Labute approximate surface area is 129 Å². The normalized spacial score (nSPS) is 10.6. The van der Waals surface area contributed by atoms with Crippen molar-refractivity contribution in [1.82, 2.24) is 10.3 Å². The summed E-state index contributed by atoms with van der Waals surface area (Å²) in [5.74, 6) is 0.641. The number of carbonyl (C=O) groups excluding carboxylic acids is 1. The number of fused-ring (bicyclic) bond motifs is 1. The second kappa shape index (κ2) is 5.93. The van der Waals surface area contributed by atoms with E-state index in [9.17, 15) is 4.79 Å². The number of nitrogens with one attached hydrogen (secondary N) is 2. The van der Waals surface area contributed by atoms with Crippen molar-refractivity contribution in [1.29, 1.82) is 0 Å². The summed E-state index contributed by atoms with van der Waals surface area (Å²) in [5, 5.41) is 3.83. The molecule has 0 fully saturated rings. The zero-order valence-electron chi connectivity index (χ0n) is 12.6. The summed E-state index contributed by atoms with van der Waals surface area (Å²) in [6, 6.07) is 13.7. The van der Waals surface area contributed by atoms with E-state index in [2.05, 4.69) is 10.3 Å². The van der Waals surface area contributed by atoms with Crippen LogP contribution in [0.1, 0.15) is 21.5 Å². The first-order valence-corrected chi connectivity index (χ1v) is 7.17. The minimum Gasteiger partial charge on any atom is -0.497 e. The average Bonchev–Trinajstić information content (AvgIpc) is 2.96. The van der Waals surface area contributed by atoms with Crippen LogP contribution in [0.5, 0.6) is 5.75 Å². The molecule has 0 aliphatic heterocycles. The second-order valence-corrected chi connectivity index (χ2v) is 5.22. The minimum atomic E-state index is -0.0947. The zero-order valence-corrected chi connectivity index (χ0v) is 12.6. The number of aromatic nitrogens is 1. The van der Waals surface area contributed by atoms with Crippen molar-refractivity contribution in [2.24, 2.45) is 0 Å². The van der Waals surface area contributed by atoms with Gasteiger partial charge in [0.15, 0.2) is 0 Å². The molecular formula is C18H18N2O2. The van der Waals surface area contributed by atoms with Crippen LogP contribution in [0.15, 0.2) is 48.7 Å². The Balaban J connectivity index is 1.82. The van der Waals surface area contributed by atoms with Gasteiger partial charge in [-0.05, 0) is 36.2 Å². The maximum atomic E-state index is 12.4. The van der Waals surface area contributed by atoms with Crippen molar-refractivity contribution < 1.29 is 9.53 Å². The summed E-state index contributed by atoms with van der Waals surface area (Å²) in [5.41, 5.74) is 3.83. The third-order valence-corrected chi connectivity index (χ3v) is 3.83. The van der Waals surface area contributed by atoms with Gasteiger partial charge in [0.1, 0.15) is 5.75 Å². The number of hydrogen-bond donors (Lipinski definition) is 2. The van der Waals surface area contributed by atoms with Gasteiger partial charge in [0.2, 0.25) is 0 Å². The first-order chi connectivity index (χ1) is 10.7. The molecule has 3 aromatic rings. The molecule has 1 aromatic heterocycles. The molecule has 3 rings (SSSR count). The maximum absolute atomic E-state index is 12.4. The first kappa shape index (κ1) is 14.2. The van der Waals surface area contributed by atoms with Gasteiger partial charge in [-0.1, -0.05) is 24.3 Å². The maximum Gasteiger partial charge on any atom is 0.253 e. The highest BCUT2D eigenvalue weighted by Gasteiger charge is 2.12. The van der Waals surface area contributed by atoms with E-state index >= 15 is 0 Å². The van der Waals surface area contributed by atoms with Crippen LogP contribution in [0.25, 0.3) is 10.9 Å². The fourth-order valence-corrected chi connectivity index (χ4v) is 2.49. The number of amides is 1. The molecule has 0 saturated heterocycles. The average molecular weight is 294 g/mol. The first-order valence-electron chi connectivity index (χ1n) is 7.17. The molecule has 0 atom stereocenters. The lowest BCUT2D eigenvalue weighted by Gasteiger charge is -2.07. The van der Waals surface area contributed by atoms with E-state index in [0.717, 1.165) is 22.2 Å². The zero-order chi connectivity index (χ0) is 15.5. The summed E-state index contributed by atoms with van der Waals surface area (Å²) >= 11 is 0. The Morgan fingerprint density at radius 1 is 1.23 bits per heavy atom. The predicted molar refractivity (Wildman–Crippen MR) is 87.2 cm³/mol. The molecule has 0 radical (unpaired) electrons. The summed E-state index contributed by atoms with van der Waals surface area (Å²) in [6.45, 7) is 2.56. The molecule has 0 unspecified atom stereocenters. The van der Waals surface area contributed by atoms with Gasteiger partial charge in [-0.25, -0.2) is 0 Å². The molecule has 22 heavy (non-hydrogen) atoms. The lowest BCUT2D eigenvalue weighted by atomic mass is 10.1. The van der Waals surface area contributed by atoms with E-state index in [1.165, 1.54) is 5.56 Å². The molecule has 0 aliphatic rings. The molecule has 112 valence electrons. The van der Waals surface area contributed by atoms with E-state index in [4.69, 9.17) is 4.74 Å². The second-order valence-electron chi connectivity index (χ2n) is 5.22. The Morgan fingerprint density at radius 2 is 2.05 bits per heavy atom. The van der Waals surface area contributed by atoms with Crippen LogP contribution in [0.4, 0.5) is 0 Å². The lowest BCUT2D eigenvalue weighted by molar-refractivity contribution is 0.0952. The third-order valence-electron chi connectivity index (χ3n) is 3.83. The lowest BCUT2D eigenvalue weighted by Crippen LogP contribution is -2.22. The van der Waals surface area contributed by atoms with Gasteiger partial charge >= 0.3 is 0 Å². The number of methoxy groups -OCH3 is 1. The van der Waals surface area contributed by atoms with Crippen LogP contribution >= 0.6 is 0 Å². The third kappa shape index (κ3) is 2.68. The molecule has 0 saturated carbocycles. The molecule has 1 amide bonds. The van der Waals surface area contributed by atoms with E-state index < -0.39 is 0 Å². The number of benzene rings is 2. The van der Waals surface area contributed by atoms with Crippen molar-refractivity contribution in [3.63, 3.8) is 0 Å². The molecule has 2 N–H and O–H groups in total. The van der Waals surface area contributed by atoms with Crippen LogP contribution < -0.4 is 10.1 Å². The van der Waals surface area contributed by atoms with Crippen molar-refractivity contribution in [3.8, 4) is 5.75 Å². The van der Waals surface area contributed by atoms with E-state index in [0.29, 0.717) is 12.1 Å². The van der Waals surface area contributed by atoms with Gasteiger partial charge in [0.05, 0.1) is 12.7 Å². The highest BCUT2D eigenvalue weighted by Crippen LogP contribution is 2.23. The summed E-state index contributed by atoms with van der Waals surface area (Å²) in [4.78, 5) is 15.5. The van der Waals surface area contributed by atoms with Gasteiger partial charge in [-0.15, -0.1) is 0 Å². The van der Waals surface area contributed by atoms with E-state index in [-0.39, 0.29) is 5.91 Å². The van der Waals surface area contributed by atoms with Crippen LogP contribution in [0.3, 0.4) is 0 Å². The van der Waals surface area contributed by atoms with E-state index in [1.54, 1.807) is 13.3 Å². The van der Waals surface area contributed by atoms with Gasteiger partial charge < -0.3 is 15.0 Å². The van der Waals surface area contributed by atoms with Crippen LogP contribution in [0, 0.1) is 6.92 Å². The van der Waals surface area contributed by atoms with Crippen LogP contribution in [-0.4, -0.2) is 18.0 Å². The fraction of sp³-hybridized carbons (Fsp3) is 0.167. The summed E-state index contributed by atoms with van der Waals surface area (Å²) in [6.07, 6.45) is 1.73. The van der Waals surface area contributed by atoms with Crippen LogP contribution in [0.2, 0.25) is 0 Å². The molecule has 0 bridgehead atoms. The van der Waals surface area contributed by atoms with Gasteiger partial charge in [0.25, 0.3) is 5.91 Å². The standard InChI is InChI=1S/C18H18N2O2/c1-12-5-3-4-6-13(12)10-20-18(21)16-11-19-17-8-7-14(22-2)9-15(16)17/h3-9,11,19H,10H2,1-2H3,(H,20,21). The predicted octanol–water partition coefficient (Wildman–Crippen LogP) is 3.41. The van der Waals surface area contributed by atoms with Crippen molar-refractivity contribution in [2.75, 3.05) is 7.11 Å². The molecule has 1 heterocycles. The number of H-pyrrole nitrogens is 1. The number of hydrogen-bond acceptors (Lipinski definition) is 2. The molecular weight excluding hydrogens is 276 g/mol. The largest absolute Gasteiger partial charge is 0.497 e. The number of ether oxygens (including phenoxy) is 1. The van der Waals surface area contributed by atoms with Crippen molar-refractivity contribution >= 4 is 16.8 Å². The highest BCUT2D eigenvalue weighted by molar-refractivity contribution is 6.07. The summed E-state index contributed by atoms with van der Waals surface area (Å²) < 4.78 is 5.23. The van der Waals surface area contributed by atoms with E-state index in [1.807, 2.05) is 49.4 Å². The monoisotopic (exact) mass is 294 g/mol. The number of aromatic amines is 1. The van der Waals surface area contributed by atoms with Gasteiger partial charge in [-0.3, -0.25) is 4.79 Å². The Kier molecular flexibility index (Phi) is 3.83. The van der Waals surface area contributed by atoms with Crippen molar-refractivity contribution in [3.05, 3.63) is 65.4 Å². The van der Waals surface area contributed by atoms with Crippen LogP contribution in [-0.2, 0) is 6.54 Å². The topological polar surface area (TPSA) is 54.1 Å². The Bertz CT molecular complexity index is 821. The van der Waals surface area contributed by atoms with Crippen molar-refractivity contribution in [2.45, 2.75) is 13.5 Å². The molecule has 0 aliphatic carbocycles. The number of aryl methyl sites for hydroxylation is 1. The number of rotatable bonds is 4. The highest BCUT2D eigenvalue weighted by atomic mass is 16.5. The quantitative estimate of drug-likeness (QED) is 0.774. The smallest absolute Gasteiger partial charge is 0.253 e. The minimum absolute atomic E-state index is 0.0947. The van der Waals surface area contributed by atoms with Gasteiger partial charge in [-0.2, -0.15) is 0 Å². The SMILES string of the molecule is COc1ccc2[nH]cc(C(=O)NCc3ccccc3C)c2c1. The Hall–Kier alpha value is -2.75. The molecule has 4 nitrogen and oxygen atoms in total. The molecule has 0 spiro atoms. The number of carbonyl (C=O) groups is 1. The fourth-order valence-electron chi connectivity index (χ4n) is 2.49. The van der Waals surface area contributed by atoms with Gasteiger partial charge in [0, 0.05) is 23.6 Å². The molecule has 4 heteroatoms.